The molecule has 35 heavy (non-hydrogen) atoms. The van der Waals surface area contributed by atoms with E-state index in [-0.39, 0.29) is 17.9 Å². The third-order valence-electron chi connectivity index (χ3n) is 5.71. The average molecular weight is 465 g/mol. The number of carbonyl (C=O) groups is 2. The van der Waals surface area contributed by atoms with Gasteiger partial charge in [-0.15, -0.1) is 0 Å². The minimum Gasteiger partial charge on any atom is -0.481 e. The summed E-state index contributed by atoms with van der Waals surface area (Å²) >= 11 is 0. The zero-order chi connectivity index (χ0) is 24.6. The number of ether oxygens (including phenoxy) is 1. The molecule has 2 N–H and O–H groups in total. The molecule has 176 valence electrons. The van der Waals surface area contributed by atoms with E-state index in [1.165, 1.54) is 0 Å². The fraction of sp³-hybridized carbons (Fsp3) is 0.133. The first-order chi connectivity index (χ1) is 17.0. The SMILES string of the molecule is CC(Oc1ccc(-c2ccccc2)cc1)C(=O)Nc1ccc(C(=O)NC(C)c2ccccc2)cc1. The van der Waals surface area contributed by atoms with Crippen LogP contribution in [0.25, 0.3) is 11.1 Å². The van der Waals surface area contributed by atoms with Gasteiger partial charge in [0.25, 0.3) is 11.8 Å². The van der Waals surface area contributed by atoms with Crippen LogP contribution >= 0.6 is 0 Å². The van der Waals surface area contributed by atoms with Crippen molar-refractivity contribution in [3.63, 3.8) is 0 Å². The van der Waals surface area contributed by atoms with Gasteiger partial charge in [-0.25, -0.2) is 0 Å². The molecular weight excluding hydrogens is 436 g/mol. The van der Waals surface area contributed by atoms with Crippen molar-refractivity contribution in [2.75, 3.05) is 5.32 Å². The standard InChI is InChI=1S/C30H28N2O3/c1-21(23-9-5-3-6-10-23)31-30(34)26-13-17-27(18-14-26)32-29(33)22(2)35-28-19-15-25(16-20-28)24-11-7-4-8-12-24/h3-22H,1-2H3,(H,31,34)(H,32,33). The molecule has 0 spiro atoms. The first-order valence-electron chi connectivity index (χ1n) is 11.6. The Morgan fingerprint density at radius 2 is 1.26 bits per heavy atom. The molecule has 0 aliphatic rings. The highest BCUT2D eigenvalue weighted by molar-refractivity contribution is 5.97. The Hall–Kier alpha value is -4.38. The topological polar surface area (TPSA) is 67.4 Å². The molecule has 4 aromatic carbocycles. The highest BCUT2D eigenvalue weighted by Crippen LogP contribution is 2.23. The van der Waals surface area contributed by atoms with E-state index >= 15 is 0 Å². The van der Waals surface area contributed by atoms with Gasteiger partial charge in [0, 0.05) is 11.3 Å². The minimum absolute atomic E-state index is 0.108. The average Bonchev–Trinajstić information content (AvgIpc) is 2.90. The number of rotatable bonds is 8. The Kier molecular flexibility index (Phi) is 7.58. The summed E-state index contributed by atoms with van der Waals surface area (Å²) in [7, 11) is 0. The fourth-order valence-corrected chi connectivity index (χ4v) is 3.67. The van der Waals surface area contributed by atoms with Crippen LogP contribution in [-0.2, 0) is 4.79 Å². The number of hydrogen-bond acceptors (Lipinski definition) is 3. The van der Waals surface area contributed by atoms with Crippen molar-refractivity contribution in [3.05, 3.63) is 120 Å². The molecule has 0 aromatic heterocycles. The van der Waals surface area contributed by atoms with Crippen molar-refractivity contribution in [1.82, 2.24) is 5.32 Å². The number of nitrogens with one attached hydrogen (secondary N) is 2. The summed E-state index contributed by atoms with van der Waals surface area (Å²) in [5.74, 6) is 0.175. The molecule has 0 radical (unpaired) electrons. The van der Waals surface area contributed by atoms with E-state index in [2.05, 4.69) is 10.6 Å². The van der Waals surface area contributed by atoms with Gasteiger partial charge >= 0.3 is 0 Å². The molecular formula is C30H28N2O3. The molecule has 4 aromatic rings. The first kappa shape index (κ1) is 23.8. The van der Waals surface area contributed by atoms with Crippen molar-refractivity contribution >= 4 is 17.5 Å². The van der Waals surface area contributed by atoms with Gasteiger partial charge < -0.3 is 15.4 Å². The molecule has 5 heteroatoms. The molecule has 0 saturated carbocycles. The number of anilines is 1. The molecule has 2 amide bonds. The maximum Gasteiger partial charge on any atom is 0.265 e. The summed E-state index contributed by atoms with van der Waals surface area (Å²) in [6.07, 6.45) is -0.688. The van der Waals surface area contributed by atoms with Crippen LogP contribution in [0.3, 0.4) is 0 Å². The molecule has 0 aliphatic heterocycles. The van der Waals surface area contributed by atoms with Crippen LogP contribution in [0.15, 0.2) is 109 Å². The van der Waals surface area contributed by atoms with Crippen molar-refractivity contribution in [1.29, 1.82) is 0 Å². The van der Waals surface area contributed by atoms with Gasteiger partial charge in [0.2, 0.25) is 0 Å². The Labute approximate surface area is 205 Å². The Bertz CT molecular complexity index is 1250. The maximum atomic E-state index is 12.6. The summed E-state index contributed by atoms with van der Waals surface area (Å²) in [5.41, 5.74) is 4.35. The van der Waals surface area contributed by atoms with Crippen molar-refractivity contribution < 1.29 is 14.3 Å². The van der Waals surface area contributed by atoms with Crippen LogP contribution < -0.4 is 15.4 Å². The van der Waals surface area contributed by atoms with Gasteiger partial charge in [0.05, 0.1) is 6.04 Å². The number of hydrogen-bond donors (Lipinski definition) is 2. The van der Waals surface area contributed by atoms with Gasteiger partial charge in [-0.05, 0) is 66.9 Å². The van der Waals surface area contributed by atoms with Gasteiger partial charge in [-0.2, -0.15) is 0 Å². The van der Waals surface area contributed by atoms with Crippen LogP contribution in [0.1, 0.15) is 35.8 Å². The monoisotopic (exact) mass is 464 g/mol. The van der Waals surface area contributed by atoms with E-state index in [4.69, 9.17) is 4.74 Å². The molecule has 0 saturated heterocycles. The van der Waals surface area contributed by atoms with Crippen LogP contribution in [-0.4, -0.2) is 17.9 Å². The Morgan fingerprint density at radius 1 is 0.686 bits per heavy atom. The van der Waals surface area contributed by atoms with Gasteiger partial charge in [-0.1, -0.05) is 72.8 Å². The second-order valence-electron chi connectivity index (χ2n) is 8.32. The van der Waals surface area contributed by atoms with Gasteiger partial charge in [0.15, 0.2) is 6.10 Å². The summed E-state index contributed by atoms with van der Waals surface area (Å²) in [4.78, 5) is 25.2. The van der Waals surface area contributed by atoms with Crippen LogP contribution in [0, 0.1) is 0 Å². The lowest BCUT2D eigenvalue weighted by Gasteiger charge is -2.16. The van der Waals surface area contributed by atoms with Crippen LogP contribution in [0.2, 0.25) is 0 Å². The van der Waals surface area contributed by atoms with Crippen molar-refractivity contribution in [2.45, 2.75) is 26.0 Å². The second kappa shape index (κ2) is 11.2. The highest BCUT2D eigenvalue weighted by atomic mass is 16.5. The Balaban J connectivity index is 1.30. The summed E-state index contributed by atoms with van der Waals surface area (Å²) in [6.45, 7) is 3.64. The lowest BCUT2D eigenvalue weighted by atomic mass is 10.1. The molecule has 4 rings (SSSR count). The van der Waals surface area contributed by atoms with Gasteiger partial charge in [0.1, 0.15) is 5.75 Å². The normalized spacial score (nSPS) is 12.3. The van der Waals surface area contributed by atoms with E-state index in [9.17, 15) is 9.59 Å². The smallest absolute Gasteiger partial charge is 0.265 e. The zero-order valence-corrected chi connectivity index (χ0v) is 19.8. The first-order valence-corrected chi connectivity index (χ1v) is 11.6. The molecule has 5 nitrogen and oxygen atoms in total. The highest BCUT2D eigenvalue weighted by Gasteiger charge is 2.16. The summed E-state index contributed by atoms with van der Waals surface area (Å²) in [5, 5.41) is 5.82. The number of benzene rings is 4. The summed E-state index contributed by atoms with van der Waals surface area (Å²) < 4.78 is 5.81. The fourth-order valence-electron chi connectivity index (χ4n) is 3.67. The molecule has 2 atom stereocenters. The quantitative estimate of drug-likeness (QED) is 0.324. The molecule has 2 unspecified atom stereocenters. The van der Waals surface area contributed by atoms with E-state index in [1.807, 2.05) is 91.9 Å². The second-order valence-corrected chi connectivity index (χ2v) is 8.32. The molecule has 0 aliphatic carbocycles. The zero-order valence-electron chi connectivity index (χ0n) is 19.8. The van der Waals surface area contributed by atoms with Crippen molar-refractivity contribution in [3.8, 4) is 16.9 Å². The number of carbonyl (C=O) groups excluding carboxylic acids is 2. The minimum atomic E-state index is -0.688. The molecule has 0 heterocycles. The van der Waals surface area contributed by atoms with Gasteiger partial charge in [-0.3, -0.25) is 9.59 Å². The predicted molar refractivity (Wildman–Crippen MR) is 139 cm³/mol. The molecule has 0 fully saturated rings. The largest absolute Gasteiger partial charge is 0.481 e. The lowest BCUT2D eigenvalue weighted by molar-refractivity contribution is -0.122. The molecule has 0 bridgehead atoms. The predicted octanol–water partition coefficient (Wildman–Crippen LogP) is 6.25. The van der Waals surface area contributed by atoms with E-state index in [1.54, 1.807) is 31.2 Å². The third-order valence-corrected chi connectivity index (χ3v) is 5.71. The van der Waals surface area contributed by atoms with Crippen LogP contribution in [0.4, 0.5) is 5.69 Å². The number of amides is 2. The van der Waals surface area contributed by atoms with E-state index in [0.717, 1.165) is 16.7 Å². The maximum absolute atomic E-state index is 12.6. The van der Waals surface area contributed by atoms with E-state index < -0.39 is 6.10 Å². The Morgan fingerprint density at radius 3 is 1.89 bits per heavy atom. The summed E-state index contributed by atoms with van der Waals surface area (Å²) in [6, 6.07) is 34.2. The van der Waals surface area contributed by atoms with Crippen LogP contribution in [0.5, 0.6) is 5.75 Å². The third kappa shape index (κ3) is 6.36. The van der Waals surface area contributed by atoms with Crippen molar-refractivity contribution in [2.24, 2.45) is 0 Å². The lowest BCUT2D eigenvalue weighted by Crippen LogP contribution is -2.30. The van der Waals surface area contributed by atoms with E-state index in [0.29, 0.717) is 17.0 Å².